The second-order valence-electron chi connectivity index (χ2n) is 7.21. The molecule has 0 atom stereocenters. The molecule has 0 aromatic carbocycles. The number of primary amides is 1. The number of fused-ring (bicyclic) bond motifs is 1. The van der Waals surface area contributed by atoms with Gasteiger partial charge in [-0.05, 0) is 47.9 Å². The van der Waals surface area contributed by atoms with Crippen molar-refractivity contribution >= 4 is 17.5 Å². The Morgan fingerprint density at radius 2 is 2.00 bits per heavy atom. The Bertz CT molecular complexity index is 1130. The van der Waals surface area contributed by atoms with Gasteiger partial charge in [0.05, 0.1) is 16.4 Å². The minimum Gasteiger partial charge on any atom is -0.364 e. The van der Waals surface area contributed by atoms with E-state index in [4.69, 9.17) is 17.3 Å². The number of halogens is 4. The molecular weight excluding hydrogens is 431 g/mol. The monoisotopic (exact) mass is 447 g/mol. The molecule has 4 heterocycles. The Balaban J connectivity index is 1.64. The summed E-state index contributed by atoms with van der Waals surface area (Å²) in [6.45, 7) is 1.26. The number of carbonyl (C=O) groups excluding carboxylic acids is 1. The highest BCUT2D eigenvalue weighted by atomic mass is 35.5. The topological polar surface area (TPSA) is 85.0 Å². The van der Waals surface area contributed by atoms with Crippen LogP contribution in [0.5, 0.6) is 0 Å². The lowest BCUT2D eigenvalue weighted by Gasteiger charge is -2.29. The molecule has 1 amide bonds. The van der Waals surface area contributed by atoms with Crippen molar-refractivity contribution in [1.29, 1.82) is 0 Å². The van der Waals surface area contributed by atoms with Gasteiger partial charge in [-0.3, -0.25) is 19.7 Å². The zero-order valence-electron chi connectivity index (χ0n) is 16.2. The van der Waals surface area contributed by atoms with E-state index in [9.17, 15) is 18.0 Å². The predicted octanol–water partition coefficient (Wildman–Crippen LogP) is 3.87. The molecule has 1 aliphatic heterocycles. The minimum absolute atomic E-state index is 0.107. The fourth-order valence-corrected chi connectivity index (χ4v) is 3.72. The molecule has 0 saturated heterocycles. The van der Waals surface area contributed by atoms with E-state index in [1.807, 2.05) is 4.90 Å². The summed E-state index contributed by atoms with van der Waals surface area (Å²) < 4.78 is 38.9. The van der Waals surface area contributed by atoms with Gasteiger partial charge in [0, 0.05) is 37.6 Å². The molecule has 10 heteroatoms. The van der Waals surface area contributed by atoms with Crippen molar-refractivity contribution in [2.75, 3.05) is 6.54 Å². The van der Waals surface area contributed by atoms with E-state index in [2.05, 4.69) is 15.0 Å². The van der Waals surface area contributed by atoms with Gasteiger partial charge in [-0.2, -0.15) is 13.2 Å². The number of nitrogens with two attached hydrogens (primary N) is 1. The molecule has 31 heavy (non-hydrogen) atoms. The minimum atomic E-state index is -4.50. The molecule has 160 valence electrons. The van der Waals surface area contributed by atoms with Crippen molar-refractivity contribution in [3.05, 3.63) is 76.0 Å². The lowest BCUT2D eigenvalue weighted by molar-refractivity contribution is -0.141. The normalized spacial score (nSPS) is 14.3. The van der Waals surface area contributed by atoms with Gasteiger partial charge in [-0.15, -0.1) is 0 Å². The standard InChI is InChI=1S/C21H17ClF3N5O/c22-13-1-2-16(28-9-13)15-8-17(20(26)31)29-18-11-30(6-4-14(15)18)10-12-3-5-27-19(7-12)21(23,24)25/h1-3,5,7-9H,4,6,10-11H2,(H2,26,31). The Morgan fingerprint density at radius 3 is 2.68 bits per heavy atom. The summed E-state index contributed by atoms with van der Waals surface area (Å²) in [5.41, 5.74) is 8.12. The van der Waals surface area contributed by atoms with Gasteiger partial charge in [-0.25, -0.2) is 4.98 Å². The SMILES string of the molecule is NC(=O)c1cc(-c2ccc(Cl)cn2)c2c(n1)CN(Cc1ccnc(C(F)(F)F)c1)CC2. The molecule has 2 N–H and O–H groups in total. The Kier molecular flexibility index (Phi) is 5.63. The van der Waals surface area contributed by atoms with Gasteiger partial charge in [-0.1, -0.05) is 11.6 Å². The van der Waals surface area contributed by atoms with Crippen molar-refractivity contribution in [2.24, 2.45) is 5.73 Å². The average molecular weight is 448 g/mol. The van der Waals surface area contributed by atoms with E-state index in [0.717, 1.165) is 23.4 Å². The number of rotatable bonds is 4. The summed E-state index contributed by atoms with van der Waals surface area (Å²) in [5.74, 6) is -0.668. The van der Waals surface area contributed by atoms with E-state index in [-0.39, 0.29) is 5.69 Å². The number of carbonyl (C=O) groups is 1. The lowest BCUT2D eigenvalue weighted by Crippen LogP contribution is -2.32. The van der Waals surface area contributed by atoms with Crippen LogP contribution < -0.4 is 5.73 Å². The largest absolute Gasteiger partial charge is 0.433 e. The first-order chi connectivity index (χ1) is 14.7. The molecule has 0 spiro atoms. The van der Waals surface area contributed by atoms with Crippen molar-refractivity contribution < 1.29 is 18.0 Å². The zero-order chi connectivity index (χ0) is 22.2. The third-order valence-corrected chi connectivity index (χ3v) is 5.26. The number of nitrogens with zero attached hydrogens (tertiary/aromatic N) is 4. The molecule has 3 aromatic heterocycles. The highest BCUT2D eigenvalue weighted by molar-refractivity contribution is 6.30. The quantitative estimate of drug-likeness (QED) is 0.656. The van der Waals surface area contributed by atoms with Crippen molar-refractivity contribution in [1.82, 2.24) is 19.9 Å². The summed E-state index contributed by atoms with van der Waals surface area (Å²) >= 11 is 5.93. The van der Waals surface area contributed by atoms with E-state index in [1.54, 1.807) is 24.3 Å². The molecule has 0 unspecified atom stereocenters. The Labute approximate surface area is 180 Å². The maximum atomic E-state index is 13.0. The van der Waals surface area contributed by atoms with E-state index in [0.29, 0.717) is 48.0 Å². The molecule has 0 fully saturated rings. The second-order valence-corrected chi connectivity index (χ2v) is 7.65. The van der Waals surface area contributed by atoms with Crippen molar-refractivity contribution in [3.63, 3.8) is 0 Å². The molecule has 3 aromatic rings. The second kappa shape index (κ2) is 8.24. The molecule has 6 nitrogen and oxygen atoms in total. The lowest BCUT2D eigenvalue weighted by atomic mass is 9.95. The van der Waals surface area contributed by atoms with E-state index in [1.165, 1.54) is 6.20 Å². The first-order valence-corrected chi connectivity index (χ1v) is 9.77. The average Bonchev–Trinajstić information content (AvgIpc) is 2.73. The third kappa shape index (κ3) is 4.67. The van der Waals surface area contributed by atoms with Crippen LogP contribution in [0.4, 0.5) is 13.2 Å². The van der Waals surface area contributed by atoms with Gasteiger partial charge in [0.2, 0.25) is 0 Å². The number of alkyl halides is 3. The fourth-order valence-electron chi connectivity index (χ4n) is 3.61. The van der Waals surface area contributed by atoms with Gasteiger partial charge in [0.15, 0.2) is 0 Å². The predicted molar refractivity (Wildman–Crippen MR) is 108 cm³/mol. The van der Waals surface area contributed by atoms with Crippen LogP contribution in [0.1, 0.15) is 33.0 Å². The number of hydrogen-bond acceptors (Lipinski definition) is 5. The van der Waals surface area contributed by atoms with Gasteiger partial charge in [0.1, 0.15) is 11.4 Å². The summed E-state index contributed by atoms with van der Waals surface area (Å²) in [6.07, 6.45) is -1.23. The van der Waals surface area contributed by atoms with Crippen LogP contribution >= 0.6 is 11.6 Å². The molecule has 0 saturated carbocycles. The van der Waals surface area contributed by atoms with Gasteiger partial charge >= 0.3 is 6.18 Å². The van der Waals surface area contributed by atoms with Crippen LogP contribution in [0.3, 0.4) is 0 Å². The van der Waals surface area contributed by atoms with Crippen LogP contribution in [-0.4, -0.2) is 32.3 Å². The first kappa shape index (κ1) is 21.2. The maximum Gasteiger partial charge on any atom is 0.433 e. The summed E-state index contributed by atoms with van der Waals surface area (Å²) in [7, 11) is 0. The Morgan fingerprint density at radius 1 is 1.19 bits per heavy atom. The third-order valence-electron chi connectivity index (χ3n) is 5.04. The van der Waals surface area contributed by atoms with Crippen LogP contribution in [-0.2, 0) is 25.7 Å². The first-order valence-electron chi connectivity index (χ1n) is 9.39. The van der Waals surface area contributed by atoms with Gasteiger partial charge in [0.25, 0.3) is 5.91 Å². The number of hydrogen-bond donors (Lipinski definition) is 1. The highest BCUT2D eigenvalue weighted by Crippen LogP contribution is 2.31. The van der Waals surface area contributed by atoms with Gasteiger partial charge < -0.3 is 5.73 Å². The van der Waals surface area contributed by atoms with Crippen LogP contribution in [0.15, 0.2) is 42.7 Å². The molecule has 4 rings (SSSR count). The maximum absolute atomic E-state index is 13.0. The number of pyridine rings is 3. The summed E-state index contributed by atoms with van der Waals surface area (Å²) in [5, 5.41) is 0.489. The Hall–Kier alpha value is -3.04. The summed E-state index contributed by atoms with van der Waals surface area (Å²) in [6, 6.07) is 7.68. The molecule has 0 aliphatic carbocycles. The van der Waals surface area contributed by atoms with Crippen LogP contribution in [0.2, 0.25) is 5.02 Å². The molecule has 0 radical (unpaired) electrons. The van der Waals surface area contributed by atoms with E-state index < -0.39 is 17.8 Å². The molecular formula is C21H17ClF3N5O. The number of aromatic nitrogens is 3. The highest BCUT2D eigenvalue weighted by Gasteiger charge is 2.32. The fraction of sp³-hybridized carbons (Fsp3) is 0.238. The molecule has 0 bridgehead atoms. The smallest absolute Gasteiger partial charge is 0.364 e. The van der Waals surface area contributed by atoms with E-state index >= 15 is 0 Å². The van der Waals surface area contributed by atoms with Crippen molar-refractivity contribution in [3.8, 4) is 11.3 Å². The number of amides is 1. The zero-order valence-corrected chi connectivity index (χ0v) is 16.9. The van der Waals surface area contributed by atoms with Crippen LogP contribution in [0.25, 0.3) is 11.3 Å². The molecule has 1 aliphatic rings. The summed E-state index contributed by atoms with van der Waals surface area (Å²) in [4.78, 5) is 25.9. The van der Waals surface area contributed by atoms with Crippen LogP contribution in [0, 0.1) is 0 Å². The van der Waals surface area contributed by atoms with Crippen molar-refractivity contribution in [2.45, 2.75) is 25.7 Å².